The molecule has 2 N–H and O–H groups in total. The van der Waals surface area contributed by atoms with Crippen molar-refractivity contribution in [3.05, 3.63) is 0 Å². The van der Waals surface area contributed by atoms with E-state index in [0.29, 0.717) is 0 Å². The van der Waals surface area contributed by atoms with Gasteiger partial charge in [-0.1, -0.05) is 20.8 Å². The average molecular weight is 304 g/mol. The zero-order valence-electron chi connectivity index (χ0n) is 14.5. The first-order valence-electron chi connectivity index (χ1n) is 7.26. The van der Waals surface area contributed by atoms with Crippen molar-refractivity contribution >= 4 is 17.7 Å². The highest BCUT2D eigenvalue weighted by Gasteiger charge is 2.24. The molecule has 0 radical (unpaired) electrons. The minimum absolute atomic E-state index is 0.109. The Morgan fingerprint density at radius 1 is 1.20 bits per heavy atom. The summed E-state index contributed by atoms with van der Waals surface area (Å²) in [5.74, 6) is 0.862. The van der Waals surface area contributed by atoms with Crippen LogP contribution >= 0.6 is 11.8 Å². The molecular formula is C15H33N3OS. The summed E-state index contributed by atoms with van der Waals surface area (Å²) in [7, 11) is 1.76. The Morgan fingerprint density at radius 3 is 2.20 bits per heavy atom. The molecule has 0 fully saturated rings. The van der Waals surface area contributed by atoms with E-state index in [4.69, 9.17) is 4.74 Å². The lowest BCUT2D eigenvalue weighted by molar-refractivity contribution is 0.0205. The van der Waals surface area contributed by atoms with E-state index in [1.165, 1.54) is 0 Å². The molecule has 5 heteroatoms. The maximum absolute atomic E-state index is 5.56. The summed E-state index contributed by atoms with van der Waals surface area (Å²) in [6.45, 7) is 15.4. The molecule has 20 heavy (non-hydrogen) atoms. The van der Waals surface area contributed by atoms with Gasteiger partial charge < -0.3 is 15.4 Å². The van der Waals surface area contributed by atoms with Crippen molar-refractivity contribution in [1.29, 1.82) is 0 Å². The molecule has 0 aliphatic carbocycles. The number of guanidine groups is 1. The van der Waals surface area contributed by atoms with Crippen LogP contribution in [0.2, 0.25) is 0 Å². The van der Waals surface area contributed by atoms with Gasteiger partial charge in [0, 0.05) is 24.9 Å². The van der Waals surface area contributed by atoms with Gasteiger partial charge in [0.2, 0.25) is 0 Å². The molecular weight excluding hydrogens is 270 g/mol. The maximum Gasteiger partial charge on any atom is 0.191 e. The highest BCUT2D eigenvalue weighted by Crippen LogP contribution is 2.22. The summed E-state index contributed by atoms with van der Waals surface area (Å²) in [6.07, 6.45) is 2.27. The SMILES string of the molecule is CCNC(=NCC(C)(C)SC)NCC(OC)C(C)(C)C. The van der Waals surface area contributed by atoms with Crippen LogP contribution in [0.15, 0.2) is 4.99 Å². The predicted molar refractivity (Wildman–Crippen MR) is 91.8 cm³/mol. The first kappa shape index (κ1) is 19.6. The summed E-state index contributed by atoms with van der Waals surface area (Å²) in [6, 6.07) is 0. The van der Waals surface area contributed by atoms with Gasteiger partial charge in [-0.05, 0) is 32.4 Å². The van der Waals surface area contributed by atoms with Gasteiger partial charge in [0.1, 0.15) is 0 Å². The summed E-state index contributed by atoms with van der Waals surface area (Å²) in [4.78, 5) is 4.66. The van der Waals surface area contributed by atoms with Crippen LogP contribution in [-0.2, 0) is 4.74 Å². The smallest absolute Gasteiger partial charge is 0.191 e. The van der Waals surface area contributed by atoms with Gasteiger partial charge in [-0.2, -0.15) is 11.8 Å². The van der Waals surface area contributed by atoms with Crippen molar-refractivity contribution in [2.45, 2.75) is 52.4 Å². The summed E-state index contributed by atoms with van der Waals surface area (Å²) >= 11 is 1.83. The third kappa shape index (κ3) is 8.00. The van der Waals surface area contributed by atoms with Crippen molar-refractivity contribution in [3.8, 4) is 0 Å². The van der Waals surface area contributed by atoms with Crippen LogP contribution in [0.25, 0.3) is 0 Å². The Hall–Kier alpha value is -0.420. The number of hydrogen-bond acceptors (Lipinski definition) is 3. The van der Waals surface area contributed by atoms with Crippen molar-refractivity contribution in [1.82, 2.24) is 10.6 Å². The fourth-order valence-corrected chi connectivity index (χ4v) is 1.80. The number of thioether (sulfide) groups is 1. The van der Waals surface area contributed by atoms with Gasteiger partial charge in [0.05, 0.1) is 12.6 Å². The molecule has 0 aromatic heterocycles. The first-order valence-corrected chi connectivity index (χ1v) is 8.49. The molecule has 4 nitrogen and oxygen atoms in total. The Morgan fingerprint density at radius 2 is 1.80 bits per heavy atom. The van der Waals surface area contributed by atoms with Crippen LogP contribution in [0.3, 0.4) is 0 Å². The van der Waals surface area contributed by atoms with E-state index in [2.05, 4.69) is 63.4 Å². The zero-order chi connectivity index (χ0) is 15.8. The average Bonchev–Trinajstić information content (AvgIpc) is 2.35. The number of methoxy groups -OCH3 is 1. The van der Waals surface area contributed by atoms with E-state index < -0.39 is 0 Å². The maximum atomic E-state index is 5.56. The molecule has 0 saturated heterocycles. The fraction of sp³-hybridized carbons (Fsp3) is 0.933. The van der Waals surface area contributed by atoms with Crippen LogP contribution in [-0.4, -0.2) is 49.8 Å². The molecule has 0 amide bonds. The van der Waals surface area contributed by atoms with Gasteiger partial charge in [-0.3, -0.25) is 4.99 Å². The molecule has 120 valence electrons. The summed E-state index contributed by atoms with van der Waals surface area (Å²) < 4.78 is 5.72. The summed E-state index contributed by atoms with van der Waals surface area (Å²) in [5.41, 5.74) is 0.109. The Labute approximate surface area is 129 Å². The largest absolute Gasteiger partial charge is 0.379 e. The van der Waals surface area contributed by atoms with E-state index in [-0.39, 0.29) is 16.3 Å². The van der Waals surface area contributed by atoms with Gasteiger partial charge in [-0.25, -0.2) is 0 Å². The standard InChI is InChI=1S/C15H33N3OS/c1-9-16-13(18-11-15(5,6)20-8)17-10-12(19-7)14(2,3)4/h12H,9-11H2,1-8H3,(H2,16,17,18). The van der Waals surface area contributed by atoms with E-state index in [1.54, 1.807) is 7.11 Å². The quantitative estimate of drug-likeness (QED) is 0.561. The number of hydrogen-bond donors (Lipinski definition) is 2. The fourth-order valence-electron chi connectivity index (χ4n) is 1.61. The molecule has 0 aliphatic rings. The molecule has 1 unspecified atom stereocenters. The third-order valence-corrected chi connectivity index (χ3v) is 4.45. The van der Waals surface area contributed by atoms with Gasteiger partial charge in [0.15, 0.2) is 5.96 Å². The molecule has 0 heterocycles. The minimum atomic E-state index is 0.109. The van der Waals surface area contributed by atoms with Crippen LogP contribution in [0.1, 0.15) is 41.5 Å². The second-order valence-electron chi connectivity index (χ2n) is 6.63. The second-order valence-corrected chi connectivity index (χ2v) is 8.14. The molecule has 0 bridgehead atoms. The second kappa shape index (κ2) is 8.78. The van der Waals surface area contributed by atoms with Crippen LogP contribution in [0.5, 0.6) is 0 Å². The Bertz CT molecular complexity index is 298. The highest BCUT2D eigenvalue weighted by atomic mass is 32.2. The monoisotopic (exact) mass is 303 g/mol. The molecule has 0 spiro atoms. The summed E-state index contributed by atoms with van der Waals surface area (Å²) in [5, 5.41) is 6.66. The molecule has 0 aliphatic heterocycles. The van der Waals surface area contributed by atoms with Crippen LogP contribution in [0, 0.1) is 5.41 Å². The number of ether oxygens (including phenoxy) is 1. The molecule has 1 atom stereocenters. The lowest BCUT2D eigenvalue weighted by Gasteiger charge is -2.30. The number of rotatable bonds is 7. The Kier molecular flexibility index (Phi) is 8.59. The van der Waals surface area contributed by atoms with Crippen molar-refractivity contribution in [2.75, 3.05) is 33.0 Å². The van der Waals surface area contributed by atoms with E-state index in [0.717, 1.165) is 25.6 Å². The van der Waals surface area contributed by atoms with Gasteiger partial charge in [0.25, 0.3) is 0 Å². The normalized spacial score (nSPS) is 15.1. The molecule has 0 rings (SSSR count). The van der Waals surface area contributed by atoms with Crippen molar-refractivity contribution in [3.63, 3.8) is 0 Å². The zero-order valence-corrected chi connectivity index (χ0v) is 15.3. The topological polar surface area (TPSA) is 45.7 Å². The van der Waals surface area contributed by atoms with Crippen molar-refractivity contribution < 1.29 is 4.74 Å². The minimum Gasteiger partial charge on any atom is -0.379 e. The van der Waals surface area contributed by atoms with Crippen molar-refractivity contribution in [2.24, 2.45) is 10.4 Å². The number of nitrogens with zero attached hydrogens (tertiary/aromatic N) is 1. The van der Waals surface area contributed by atoms with Crippen LogP contribution in [0.4, 0.5) is 0 Å². The predicted octanol–water partition coefficient (Wildman–Crippen LogP) is 2.74. The van der Waals surface area contributed by atoms with E-state index >= 15 is 0 Å². The number of nitrogens with one attached hydrogen (secondary N) is 2. The Balaban J connectivity index is 4.58. The number of aliphatic imine (C=N–C) groups is 1. The highest BCUT2D eigenvalue weighted by molar-refractivity contribution is 7.99. The lowest BCUT2D eigenvalue weighted by atomic mass is 9.89. The lowest BCUT2D eigenvalue weighted by Crippen LogP contribution is -2.45. The third-order valence-electron chi connectivity index (χ3n) is 3.22. The van der Waals surface area contributed by atoms with E-state index in [9.17, 15) is 0 Å². The first-order chi connectivity index (χ1) is 9.16. The molecule has 0 aromatic carbocycles. The van der Waals surface area contributed by atoms with Crippen LogP contribution < -0.4 is 10.6 Å². The molecule has 0 aromatic rings. The molecule has 0 saturated carbocycles. The van der Waals surface area contributed by atoms with Gasteiger partial charge in [-0.15, -0.1) is 0 Å². The van der Waals surface area contributed by atoms with E-state index in [1.807, 2.05) is 11.8 Å². The van der Waals surface area contributed by atoms with Gasteiger partial charge >= 0.3 is 0 Å².